The van der Waals surface area contributed by atoms with Crippen LogP contribution in [0.2, 0.25) is 10.0 Å². The first-order valence-electron chi connectivity index (χ1n) is 22.8. The van der Waals surface area contributed by atoms with Gasteiger partial charge >= 0.3 is 0 Å². The van der Waals surface area contributed by atoms with Crippen LogP contribution >= 0.6 is 23.2 Å². The molecule has 3 aliphatic heterocycles. The molecule has 0 spiro atoms. The van der Waals surface area contributed by atoms with Crippen molar-refractivity contribution >= 4 is 34.9 Å². The Morgan fingerprint density at radius 2 is 1.49 bits per heavy atom. The number of hydrogen-bond donors (Lipinski definition) is 4. The van der Waals surface area contributed by atoms with Crippen molar-refractivity contribution in [2.75, 3.05) is 57.3 Å². The summed E-state index contributed by atoms with van der Waals surface area (Å²) in [4.78, 5) is 25.7. The number of halogens is 3. The van der Waals surface area contributed by atoms with E-state index in [9.17, 15) is 19.4 Å². The van der Waals surface area contributed by atoms with Crippen LogP contribution in [0.15, 0.2) is 72.8 Å². The minimum Gasteiger partial charge on any atom is -0.489 e. The molecule has 4 heterocycles. The molecule has 3 saturated heterocycles. The molecule has 63 heavy (non-hydrogen) atoms. The van der Waals surface area contributed by atoms with Crippen LogP contribution in [0.4, 0.5) is 10.2 Å². The summed E-state index contributed by atoms with van der Waals surface area (Å²) < 4.78 is 27.0. The highest BCUT2D eigenvalue weighted by Crippen LogP contribution is 2.42. The second kappa shape index (κ2) is 19.6. The molecule has 5 N–H and O–H groups in total. The molecule has 336 valence electrons. The number of aliphatic hydroxyl groups excluding tert-OH is 2. The van der Waals surface area contributed by atoms with E-state index in [0.29, 0.717) is 71.7 Å². The number of carbonyl (C=O) groups excluding carboxylic acids is 1. The summed E-state index contributed by atoms with van der Waals surface area (Å²) in [6, 6.07) is 20.5. The van der Waals surface area contributed by atoms with E-state index in [-0.39, 0.29) is 35.8 Å². The minimum absolute atomic E-state index is 0.0836. The molecular weight excluding hydrogens is 842 g/mol. The number of rotatable bonds is 18. The number of aliphatic hydroxyl groups is 2. The first kappa shape index (κ1) is 44.2. The molecule has 7 atom stereocenters. The molecule has 1 amide bonds. The Balaban J connectivity index is 0.819. The number of carbonyl (C=O) groups is 1. The van der Waals surface area contributed by atoms with E-state index in [1.165, 1.54) is 6.07 Å². The van der Waals surface area contributed by atoms with Gasteiger partial charge in [0.2, 0.25) is 5.91 Å². The lowest BCUT2D eigenvalue weighted by molar-refractivity contribution is -0.126. The molecule has 0 bridgehead atoms. The van der Waals surface area contributed by atoms with Gasteiger partial charge in [-0.15, -0.1) is 0 Å². The van der Waals surface area contributed by atoms with E-state index in [2.05, 4.69) is 20.0 Å². The van der Waals surface area contributed by atoms with Crippen LogP contribution in [0.25, 0.3) is 11.3 Å². The third-order valence-corrected chi connectivity index (χ3v) is 14.0. The SMILES string of the molecule is N[C@H](CN1CCCC1)C(O)c1ccc(OC2CC2Cc2cc(F)ccc2-c2cccc(N3CC[C@@H](C(=O)N[C@H](CN4CCCC4)[C@H](O)c4ccc(OC5CC5)c(Cl)c4)C3)n2)c(Cl)c1. The van der Waals surface area contributed by atoms with Crippen molar-refractivity contribution in [3.05, 3.63) is 105 Å². The lowest BCUT2D eigenvalue weighted by Crippen LogP contribution is -2.48. The topological polar surface area (TPSA) is 137 Å². The molecule has 11 nitrogen and oxygen atoms in total. The van der Waals surface area contributed by atoms with Crippen molar-refractivity contribution in [1.82, 2.24) is 20.1 Å². The molecule has 5 aliphatic rings. The highest BCUT2D eigenvalue weighted by molar-refractivity contribution is 6.32. The number of amides is 1. The van der Waals surface area contributed by atoms with E-state index < -0.39 is 24.3 Å². The number of nitrogens with two attached hydrogens (primary N) is 1. The van der Waals surface area contributed by atoms with Crippen molar-refractivity contribution < 1.29 is 28.9 Å². The maximum Gasteiger partial charge on any atom is 0.225 e. The molecular formula is C49H59Cl2FN6O5. The number of nitrogens with one attached hydrogen (secondary N) is 1. The predicted molar refractivity (Wildman–Crippen MR) is 244 cm³/mol. The first-order chi connectivity index (χ1) is 30.5. The fourth-order valence-corrected chi connectivity index (χ4v) is 9.97. The summed E-state index contributed by atoms with van der Waals surface area (Å²) in [6.45, 7) is 6.20. The monoisotopic (exact) mass is 900 g/mol. The molecule has 3 unspecified atom stereocenters. The molecule has 4 aromatic rings. The Labute approximate surface area is 379 Å². The summed E-state index contributed by atoms with van der Waals surface area (Å²) in [5.41, 5.74) is 10.1. The van der Waals surface area contributed by atoms with Gasteiger partial charge in [-0.25, -0.2) is 9.37 Å². The van der Waals surface area contributed by atoms with Gasteiger partial charge in [0.1, 0.15) is 35.3 Å². The van der Waals surface area contributed by atoms with Crippen LogP contribution in [0.3, 0.4) is 0 Å². The Bertz CT molecular complexity index is 2240. The van der Waals surface area contributed by atoms with E-state index in [1.807, 2.05) is 36.4 Å². The standard InChI is InChI=1S/C49H59Cl2FN6O5/c50-38-25-31(9-14-43(38)62-36-11-12-36)48(60)42(29-57-19-3-4-20-57)55-49(61)32-16-21-58(27-32)46-7-5-6-41(54-46)37-13-10-35(52)23-33(37)22-34-26-45(34)63-44-15-8-30(24-39(44)51)47(59)40(53)28-56-17-1-2-18-56/h5-10,13-15,23-25,32,34,36,40,42,45,47-48,59-60H,1-4,11-12,16-22,26-29,53H2,(H,55,61)/t32-,34?,40-,42-,45?,47?,48-/m1/s1. The highest BCUT2D eigenvalue weighted by atomic mass is 35.5. The molecule has 9 rings (SSSR count). The quantitative estimate of drug-likeness (QED) is 0.0804. The number of anilines is 1. The minimum atomic E-state index is -0.946. The van der Waals surface area contributed by atoms with Crippen LogP contribution < -0.4 is 25.4 Å². The van der Waals surface area contributed by atoms with Crippen LogP contribution in [0.1, 0.15) is 80.3 Å². The smallest absolute Gasteiger partial charge is 0.225 e. The average molecular weight is 902 g/mol. The maximum absolute atomic E-state index is 14.8. The van der Waals surface area contributed by atoms with Gasteiger partial charge < -0.3 is 45.4 Å². The van der Waals surface area contributed by atoms with Crippen molar-refractivity contribution in [3.8, 4) is 22.8 Å². The molecule has 2 saturated carbocycles. The van der Waals surface area contributed by atoms with Gasteiger partial charge in [-0.1, -0.05) is 41.4 Å². The van der Waals surface area contributed by atoms with Crippen molar-refractivity contribution in [3.63, 3.8) is 0 Å². The summed E-state index contributed by atoms with van der Waals surface area (Å²) in [6.07, 6.45) is 6.96. The van der Waals surface area contributed by atoms with Gasteiger partial charge in [0.05, 0.1) is 39.9 Å². The maximum atomic E-state index is 14.8. The van der Waals surface area contributed by atoms with E-state index in [4.69, 9.17) is 43.4 Å². The normalized spacial score (nSPS) is 23.4. The number of benzene rings is 3. The lowest BCUT2D eigenvalue weighted by Gasteiger charge is -2.30. The van der Waals surface area contributed by atoms with Gasteiger partial charge in [0.15, 0.2) is 0 Å². The zero-order valence-corrected chi connectivity index (χ0v) is 37.2. The summed E-state index contributed by atoms with van der Waals surface area (Å²) in [5, 5.41) is 26.7. The molecule has 2 aliphatic carbocycles. The zero-order valence-electron chi connectivity index (χ0n) is 35.7. The van der Waals surface area contributed by atoms with Gasteiger partial charge in [0.25, 0.3) is 0 Å². The Morgan fingerprint density at radius 1 is 0.825 bits per heavy atom. The van der Waals surface area contributed by atoms with E-state index >= 15 is 0 Å². The zero-order chi connectivity index (χ0) is 43.6. The summed E-state index contributed by atoms with van der Waals surface area (Å²) in [7, 11) is 0. The van der Waals surface area contributed by atoms with Gasteiger partial charge in [-0.3, -0.25) is 4.79 Å². The molecule has 5 fully saturated rings. The third kappa shape index (κ3) is 10.9. The molecule has 14 heteroatoms. The molecule has 0 radical (unpaired) electrons. The van der Waals surface area contributed by atoms with Crippen molar-refractivity contribution in [2.45, 2.75) is 94.3 Å². The van der Waals surface area contributed by atoms with Gasteiger partial charge in [-0.05, 0) is 155 Å². The second-order valence-corrected chi connectivity index (χ2v) is 19.2. The lowest BCUT2D eigenvalue weighted by atomic mass is 9.99. The number of hydrogen-bond acceptors (Lipinski definition) is 10. The van der Waals surface area contributed by atoms with Gasteiger partial charge in [-0.2, -0.15) is 0 Å². The fourth-order valence-electron chi connectivity index (χ4n) is 9.51. The predicted octanol–water partition coefficient (Wildman–Crippen LogP) is 7.34. The number of nitrogens with zero attached hydrogens (tertiary/aromatic N) is 4. The largest absolute Gasteiger partial charge is 0.489 e. The van der Waals surface area contributed by atoms with Crippen LogP contribution in [-0.2, 0) is 11.2 Å². The van der Waals surface area contributed by atoms with Crippen LogP contribution in [0.5, 0.6) is 11.5 Å². The third-order valence-electron chi connectivity index (χ3n) is 13.4. The molecule has 1 aromatic heterocycles. The number of likely N-dealkylation sites (tertiary alicyclic amines) is 2. The number of ether oxygens (including phenoxy) is 2. The number of pyridine rings is 1. The van der Waals surface area contributed by atoms with Crippen molar-refractivity contribution in [2.24, 2.45) is 17.6 Å². The Morgan fingerprint density at radius 3 is 2.17 bits per heavy atom. The summed E-state index contributed by atoms with van der Waals surface area (Å²) in [5.74, 6) is 1.38. The molecule has 3 aromatic carbocycles. The summed E-state index contributed by atoms with van der Waals surface area (Å²) >= 11 is 13.3. The van der Waals surface area contributed by atoms with Crippen LogP contribution in [-0.4, -0.2) is 108 Å². The fraction of sp³-hybridized carbons (Fsp3) is 0.510. The highest BCUT2D eigenvalue weighted by Gasteiger charge is 2.41. The first-order valence-corrected chi connectivity index (χ1v) is 23.6. The van der Waals surface area contributed by atoms with Gasteiger partial charge in [0, 0.05) is 43.7 Å². The van der Waals surface area contributed by atoms with Crippen LogP contribution in [0, 0.1) is 17.7 Å². The number of aromatic nitrogens is 1. The Kier molecular flexibility index (Phi) is 13.8. The second-order valence-electron chi connectivity index (χ2n) is 18.4. The van der Waals surface area contributed by atoms with E-state index in [0.717, 1.165) is 93.8 Å². The Hall–Kier alpha value is -4.01. The average Bonchev–Trinajstić information content (AvgIpc) is 3.94. The van der Waals surface area contributed by atoms with E-state index in [1.54, 1.807) is 30.3 Å². The van der Waals surface area contributed by atoms with Crippen molar-refractivity contribution in [1.29, 1.82) is 0 Å².